The van der Waals surface area contributed by atoms with E-state index in [4.69, 9.17) is 15.2 Å². The van der Waals surface area contributed by atoms with Crippen molar-refractivity contribution >= 4 is 5.91 Å². The predicted octanol–water partition coefficient (Wildman–Crippen LogP) is 4.21. The van der Waals surface area contributed by atoms with Gasteiger partial charge in [-0.3, -0.25) is 4.79 Å². The second kappa shape index (κ2) is 8.67. The molecule has 0 bridgehead atoms. The van der Waals surface area contributed by atoms with Crippen molar-refractivity contribution in [1.82, 2.24) is 0 Å². The van der Waals surface area contributed by atoms with Crippen molar-refractivity contribution in [3.8, 4) is 11.5 Å². The van der Waals surface area contributed by atoms with E-state index >= 15 is 0 Å². The molecule has 0 saturated carbocycles. The molecule has 3 rings (SSSR count). The van der Waals surface area contributed by atoms with Gasteiger partial charge in [0, 0.05) is 18.8 Å². The largest absolute Gasteiger partial charge is 0.457 e. The number of carbonyl (C=O) groups is 1. The van der Waals surface area contributed by atoms with Crippen molar-refractivity contribution in [3.05, 3.63) is 59.7 Å². The molecule has 0 unspecified atom stereocenters. The van der Waals surface area contributed by atoms with Crippen molar-refractivity contribution in [2.24, 2.45) is 5.73 Å². The summed E-state index contributed by atoms with van der Waals surface area (Å²) in [6.45, 7) is 8.45. The van der Waals surface area contributed by atoms with Crippen LogP contribution in [-0.2, 0) is 21.4 Å². The van der Waals surface area contributed by atoms with E-state index in [0.29, 0.717) is 5.75 Å². The number of ether oxygens (including phenoxy) is 2. The molecule has 0 aliphatic carbocycles. The summed E-state index contributed by atoms with van der Waals surface area (Å²) in [5.41, 5.74) is 7.23. The predicted molar refractivity (Wildman–Crippen MR) is 100.0 cm³/mol. The molecule has 25 heavy (non-hydrogen) atoms. The van der Waals surface area contributed by atoms with Crippen LogP contribution < -0.4 is 10.5 Å². The lowest BCUT2D eigenvalue weighted by Crippen LogP contribution is -2.13. The number of nitrogens with two attached hydrogens (primary N) is 1. The number of benzene rings is 2. The standard InChI is InChI=1S/C18H21NO2.C3H6O/c1-18(2,3)15-9-4-5-10-16(15)21-14-8-6-7-13(11-14)12-17(19)20;1-2-4-3-1/h4-11H,12H2,1-3H3,(H2,19,20);1-3H2. The lowest BCUT2D eigenvalue weighted by molar-refractivity contribution is -0.117. The van der Waals surface area contributed by atoms with Gasteiger partial charge in [-0.2, -0.15) is 0 Å². The zero-order valence-electron chi connectivity index (χ0n) is 15.2. The number of hydrogen-bond donors (Lipinski definition) is 1. The molecule has 2 aromatic rings. The van der Waals surface area contributed by atoms with Crippen LogP contribution in [0.4, 0.5) is 0 Å². The van der Waals surface area contributed by atoms with E-state index in [-0.39, 0.29) is 17.7 Å². The van der Waals surface area contributed by atoms with E-state index in [1.807, 2.05) is 42.5 Å². The van der Waals surface area contributed by atoms with E-state index in [2.05, 4.69) is 26.8 Å². The third-order valence-corrected chi connectivity index (χ3v) is 3.78. The van der Waals surface area contributed by atoms with Crippen LogP contribution in [0.25, 0.3) is 0 Å². The zero-order valence-corrected chi connectivity index (χ0v) is 15.2. The summed E-state index contributed by atoms with van der Waals surface area (Å²) in [7, 11) is 0. The van der Waals surface area contributed by atoms with Crippen molar-refractivity contribution in [2.45, 2.75) is 39.0 Å². The van der Waals surface area contributed by atoms with Crippen LogP contribution in [0, 0.1) is 0 Å². The number of hydrogen-bond acceptors (Lipinski definition) is 3. The van der Waals surface area contributed by atoms with Crippen molar-refractivity contribution in [3.63, 3.8) is 0 Å². The minimum absolute atomic E-state index is 0.00142. The number of amides is 1. The summed E-state index contributed by atoms with van der Waals surface area (Å²) < 4.78 is 10.7. The summed E-state index contributed by atoms with van der Waals surface area (Å²) >= 11 is 0. The highest BCUT2D eigenvalue weighted by Gasteiger charge is 2.18. The first-order valence-electron chi connectivity index (χ1n) is 8.58. The molecule has 0 aromatic heterocycles. The Morgan fingerprint density at radius 2 is 1.76 bits per heavy atom. The monoisotopic (exact) mass is 341 g/mol. The average Bonchev–Trinajstić information content (AvgIpc) is 2.44. The molecule has 2 N–H and O–H groups in total. The van der Waals surface area contributed by atoms with Crippen LogP contribution in [0.3, 0.4) is 0 Å². The summed E-state index contributed by atoms with van der Waals surface area (Å²) in [5, 5.41) is 0. The van der Waals surface area contributed by atoms with Gasteiger partial charge in [-0.15, -0.1) is 0 Å². The van der Waals surface area contributed by atoms with E-state index in [9.17, 15) is 4.79 Å². The normalized spacial score (nSPS) is 13.2. The Bertz CT molecular complexity index is 696. The van der Waals surface area contributed by atoms with Gasteiger partial charge in [0.15, 0.2) is 0 Å². The highest BCUT2D eigenvalue weighted by molar-refractivity contribution is 5.76. The van der Waals surface area contributed by atoms with Gasteiger partial charge in [0.05, 0.1) is 6.42 Å². The molecule has 1 fully saturated rings. The van der Waals surface area contributed by atoms with Crippen LogP contribution in [0.1, 0.15) is 38.3 Å². The minimum Gasteiger partial charge on any atom is -0.457 e. The molecule has 0 atom stereocenters. The summed E-state index contributed by atoms with van der Waals surface area (Å²) in [6, 6.07) is 15.5. The molecule has 0 radical (unpaired) electrons. The van der Waals surface area contributed by atoms with Crippen LogP contribution in [-0.4, -0.2) is 19.1 Å². The third kappa shape index (κ3) is 6.24. The molecular formula is C21H27NO3. The lowest BCUT2D eigenvalue weighted by Gasteiger charge is -2.22. The molecule has 134 valence electrons. The number of rotatable bonds is 4. The Labute approximate surface area is 150 Å². The molecule has 2 aromatic carbocycles. The minimum atomic E-state index is -0.345. The zero-order chi connectivity index (χ0) is 18.3. The van der Waals surface area contributed by atoms with Gasteiger partial charge in [0.2, 0.25) is 5.91 Å². The maximum absolute atomic E-state index is 11.0. The Morgan fingerprint density at radius 1 is 1.12 bits per heavy atom. The first-order valence-corrected chi connectivity index (χ1v) is 8.58. The lowest BCUT2D eigenvalue weighted by atomic mass is 9.86. The summed E-state index contributed by atoms with van der Waals surface area (Å²) in [4.78, 5) is 11.0. The number of para-hydroxylation sites is 1. The van der Waals surface area contributed by atoms with Gasteiger partial charge in [-0.05, 0) is 35.6 Å². The van der Waals surface area contributed by atoms with Crippen LogP contribution in [0.2, 0.25) is 0 Å². The van der Waals surface area contributed by atoms with Crippen molar-refractivity contribution in [1.29, 1.82) is 0 Å². The van der Waals surface area contributed by atoms with Crippen molar-refractivity contribution in [2.75, 3.05) is 13.2 Å². The molecule has 1 aliphatic rings. The van der Waals surface area contributed by atoms with Gasteiger partial charge < -0.3 is 15.2 Å². The molecule has 4 heteroatoms. The van der Waals surface area contributed by atoms with Gasteiger partial charge in [0.1, 0.15) is 11.5 Å². The maximum atomic E-state index is 11.0. The topological polar surface area (TPSA) is 61.6 Å². The highest BCUT2D eigenvalue weighted by atomic mass is 16.5. The molecule has 1 amide bonds. The second-order valence-electron chi connectivity index (χ2n) is 7.10. The smallest absolute Gasteiger partial charge is 0.221 e. The van der Waals surface area contributed by atoms with Crippen LogP contribution in [0.5, 0.6) is 11.5 Å². The average molecular weight is 341 g/mol. The Hall–Kier alpha value is -2.33. The van der Waals surface area contributed by atoms with E-state index in [1.54, 1.807) is 0 Å². The Kier molecular flexibility index (Phi) is 6.59. The Balaban J connectivity index is 0.000000493. The number of carbonyl (C=O) groups excluding carboxylic acids is 1. The van der Waals surface area contributed by atoms with Gasteiger partial charge in [-0.1, -0.05) is 51.1 Å². The summed E-state index contributed by atoms with van der Waals surface area (Å²) in [5.74, 6) is 1.20. The number of primary amides is 1. The molecular weight excluding hydrogens is 314 g/mol. The first kappa shape index (κ1) is 19.0. The van der Waals surface area contributed by atoms with Crippen molar-refractivity contribution < 1.29 is 14.3 Å². The fourth-order valence-corrected chi connectivity index (χ4v) is 2.37. The van der Waals surface area contributed by atoms with Gasteiger partial charge >= 0.3 is 0 Å². The molecule has 1 aliphatic heterocycles. The van der Waals surface area contributed by atoms with E-state index in [0.717, 1.165) is 30.1 Å². The van der Waals surface area contributed by atoms with Crippen LogP contribution in [0.15, 0.2) is 48.5 Å². The summed E-state index contributed by atoms with van der Waals surface area (Å²) in [6.07, 6.45) is 1.50. The van der Waals surface area contributed by atoms with E-state index in [1.165, 1.54) is 6.42 Å². The molecule has 4 nitrogen and oxygen atoms in total. The van der Waals surface area contributed by atoms with Gasteiger partial charge in [0.25, 0.3) is 0 Å². The van der Waals surface area contributed by atoms with Gasteiger partial charge in [-0.25, -0.2) is 0 Å². The highest BCUT2D eigenvalue weighted by Crippen LogP contribution is 2.34. The molecule has 1 saturated heterocycles. The quantitative estimate of drug-likeness (QED) is 0.906. The fourth-order valence-electron chi connectivity index (χ4n) is 2.37. The fraction of sp³-hybridized carbons (Fsp3) is 0.381. The second-order valence-corrected chi connectivity index (χ2v) is 7.10. The Morgan fingerprint density at radius 3 is 2.32 bits per heavy atom. The first-order chi connectivity index (χ1) is 11.9. The van der Waals surface area contributed by atoms with E-state index < -0.39 is 0 Å². The van der Waals surface area contributed by atoms with Crippen LogP contribution >= 0.6 is 0 Å². The molecule has 1 heterocycles. The third-order valence-electron chi connectivity index (χ3n) is 3.78. The maximum Gasteiger partial charge on any atom is 0.221 e. The SMILES string of the molecule is C1COC1.CC(C)(C)c1ccccc1Oc1cccc(CC(N)=O)c1. The molecule has 0 spiro atoms.